The summed E-state index contributed by atoms with van der Waals surface area (Å²) in [7, 11) is 0. The van der Waals surface area contributed by atoms with Crippen molar-refractivity contribution in [2.75, 3.05) is 13.2 Å². The molecule has 2 N–H and O–H groups in total. The van der Waals surface area contributed by atoms with Gasteiger partial charge in [-0.25, -0.2) is 0 Å². The van der Waals surface area contributed by atoms with Crippen molar-refractivity contribution >= 4 is 5.97 Å². The van der Waals surface area contributed by atoms with Crippen LogP contribution in [0.5, 0.6) is 5.75 Å². The summed E-state index contributed by atoms with van der Waals surface area (Å²) < 4.78 is 10.6. The quantitative estimate of drug-likeness (QED) is 0.808. The van der Waals surface area contributed by atoms with Crippen LogP contribution in [-0.4, -0.2) is 25.2 Å². The van der Waals surface area contributed by atoms with E-state index in [1.165, 1.54) is 16.7 Å². The van der Waals surface area contributed by atoms with E-state index in [1.807, 2.05) is 19.9 Å². The van der Waals surface area contributed by atoms with E-state index in [2.05, 4.69) is 6.07 Å². The Morgan fingerprint density at radius 1 is 1.30 bits per heavy atom. The van der Waals surface area contributed by atoms with Gasteiger partial charge in [0.05, 0.1) is 13.2 Å². The Morgan fingerprint density at radius 2 is 2.10 bits per heavy atom. The number of hydrogen-bond donors (Lipinski definition) is 1. The lowest BCUT2D eigenvalue weighted by molar-refractivity contribution is -0.143. The van der Waals surface area contributed by atoms with Crippen molar-refractivity contribution in [3.8, 4) is 5.75 Å². The van der Waals surface area contributed by atoms with Gasteiger partial charge in [0, 0.05) is 12.5 Å². The summed E-state index contributed by atoms with van der Waals surface area (Å²) >= 11 is 0. The molecule has 0 aliphatic heterocycles. The fraction of sp³-hybridized carbons (Fsp3) is 0.562. The number of hydrogen-bond acceptors (Lipinski definition) is 4. The molecule has 0 heterocycles. The van der Waals surface area contributed by atoms with Gasteiger partial charge in [-0.05, 0) is 61.9 Å². The predicted molar refractivity (Wildman–Crippen MR) is 77.9 cm³/mol. The Morgan fingerprint density at radius 3 is 2.80 bits per heavy atom. The van der Waals surface area contributed by atoms with Gasteiger partial charge in [0.25, 0.3) is 0 Å². The second kappa shape index (κ2) is 6.75. The first-order valence-corrected chi connectivity index (χ1v) is 7.32. The maximum Gasteiger partial charge on any atom is 0.306 e. The predicted octanol–water partition coefficient (Wildman–Crippen LogP) is 2.01. The molecule has 0 radical (unpaired) electrons. The molecule has 0 amide bonds. The molecule has 20 heavy (non-hydrogen) atoms. The highest BCUT2D eigenvalue weighted by atomic mass is 16.5. The van der Waals surface area contributed by atoms with Gasteiger partial charge in [0.2, 0.25) is 0 Å². The molecule has 0 spiro atoms. The van der Waals surface area contributed by atoms with Crippen LogP contribution in [0.2, 0.25) is 0 Å². The average Bonchev–Trinajstić information content (AvgIpc) is 2.77. The summed E-state index contributed by atoms with van der Waals surface area (Å²) in [5, 5.41) is 0. The third-order valence-corrected chi connectivity index (χ3v) is 3.57. The SMILES string of the molecule is CCOC(=O)CCc1cc(OCC)cc2c1CC(N)C2. The summed E-state index contributed by atoms with van der Waals surface area (Å²) in [4.78, 5) is 11.5. The highest BCUT2D eigenvalue weighted by molar-refractivity contribution is 5.69. The summed E-state index contributed by atoms with van der Waals surface area (Å²) in [5.41, 5.74) is 9.78. The molecule has 1 aliphatic rings. The van der Waals surface area contributed by atoms with Crippen molar-refractivity contribution in [3.63, 3.8) is 0 Å². The van der Waals surface area contributed by atoms with E-state index < -0.39 is 0 Å². The summed E-state index contributed by atoms with van der Waals surface area (Å²) in [6.45, 7) is 4.87. The van der Waals surface area contributed by atoms with Crippen LogP contribution in [0.3, 0.4) is 0 Å². The minimum absolute atomic E-state index is 0.148. The minimum Gasteiger partial charge on any atom is -0.494 e. The average molecular weight is 277 g/mol. The fourth-order valence-electron chi connectivity index (χ4n) is 2.77. The van der Waals surface area contributed by atoms with Crippen LogP contribution < -0.4 is 10.5 Å². The van der Waals surface area contributed by atoms with Crippen molar-refractivity contribution < 1.29 is 14.3 Å². The fourth-order valence-corrected chi connectivity index (χ4v) is 2.77. The molecule has 1 aliphatic carbocycles. The van der Waals surface area contributed by atoms with Crippen molar-refractivity contribution in [1.82, 2.24) is 0 Å². The molecular weight excluding hydrogens is 254 g/mol. The molecule has 0 aromatic heterocycles. The first kappa shape index (κ1) is 14.9. The molecule has 1 aromatic carbocycles. The second-order valence-electron chi connectivity index (χ2n) is 5.13. The van der Waals surface area contributed by atoms with Crippen LogP contribution in [0.1, 0.15) is 37.0 Å². The molecule has 0 saturated carbocycles. The second-order valence-corrected chi connectivity index (χ2v) is 5.13. The van der Waals surface area contributed by atoms with Gasteiger partial charge < -0.3 is 15.2 Å². The number of rotatable bonds is 6. The van der Waals surface area contributed by atoms with Gasteiger partial charge in [0.15, 0.2) is 0 Å². The number of carbonyl (C=O) groups excluding carboxylic acids is 1. The molecule has 2 rings (SSSR count). The molecule has 1 unspecified atom stereocenters. The number of ether oxygens (including phenoxy) is 2. The van der Waals surface area contributed by atoms with Crippen LogP contribution in [0, 0.1) is 0 Å². The van der Waals surface area contributed by atoms with Crippen molar-refractivity contribution in [1.29, 1.82) is 0 Å². The normalized spacial score (nSPS) is 16.9. The number of aryl methyl sites for hydroxylation is 1. The third-order valence-electron chi connectivity index (χ3n) is 3.57. The zero-order valence-electron chi connectivity index (χ0n) is 12.3. The molecule has 4 heteroatoms. The largest absolute Gasteiger partial charge is 0.494 e. The summed E-state index contributed by atoms with van der Waals surface area (Å²) in [6.07, 6.45) is 2.88. The van der Waals surface area contributed by atoms with E-state index >= 15 is 0 Å². The minimum atomic E-state index is -0.148. The van der Waals surface area contributed by atoms with Gasteiger partial charge in [-0.2, -0.15) is 0 Å². The number of fused-ring (bicyclic) bond motifs is 1. The Labute approximate surface area is 120 Å². The molecule has 1 atom stereocenters. The summed E-state index contributed by atoms with van der Waals surface area (Å²) in [6, 6.07) is 4.31. The standard InChI is InChI=1S/C16H23NO3/c1-3-19-14-8-11(5-6-16(18)20-4-2)15-10-13(17)7-12(15)9-14/h8-9,13H,3-7,10,17H2,1-2H3. The molecule has 0 saturated heterocycles. The lowest BCUT2D eigenvalue weighted by Crippen LogP contribution is -2.19. The molecule has 0 bridgehead atoms. The Kier molecular flexibility index (Phi) is 5.01. The lowest BCUT2D eigenvalue weighted by Gasteiger charge is -2.12. The van der Waals surface area contributed by atoms with E-state index in [-0.39, 0.29) is 12.0 Å². The van der Waals surface area contributed by atoms with E-state index in [1.54, 1.807) is 0 Å². The Hall–Kier alpha value is -1.55. The molecule has 1 aromatic rings. The number of benzene rings is 1. The van der Waals surface area contributed by atoms with Gasteiger partial charge in [-0.3, -0.25) is 4.79 Å². The van der Waals surface area contributed by atoms with E-state index in [4.69, 9.17) is 15.2 Å². The van der Waals surface area contributed by atoms with E-state index in [9.17, 15) is 4.79 Å². The smallest absolute Gasteiger partial charge is 0.306 e. The highest BCUT2D eigenvalue weighted by Crippen LogP contribution is 2.30. The van der Waals surface area contributed by atoms with Crippen LogP contribution in [0.15, 0.2) is 12.1 Å². The van der Waals surface area contributed by atoms with Crippen LogP contribution in [-0.2, 0) is 28.8 Å². The topological polar surface area (TPSA) is 61.5 Å². The molecule has 4 nitrogen and oxygen atoms in total. The Balaban J connectivity index is 2.16. The van der Waals surface area contributed by atoms with Crippen LogP contribution in [0.25, 0.3) is 0 Å². The number of carbonyl (C=O) groups is 1. The van der Waals surface area contributed by atoms with Crippen LogP contribution >= 0.6 is 0 Å². The van der Waals surface area contributed by atoms with Crippen molar-refractivity contribution in [2.45, 2.75) is 45.6 Å². The maximum absolute atomic E-state index is 11.5. The van der Waals surface area contributed by atoms with E-state index in [0.29, 0.717) is 26.1 Å². The number of esters is 1. The first-order valence-electron chi connectivity index (χ1n) is 7.32. The highest BCUT2D eigenvalue weighted by Gasteiger charge is 2.22. The molecule has 110 valence electrons. The molecule has 0 fully saturated rings. The van der Waals surface area contributed by atoms with Gasteiger partial charge in [0.1, 0.15) is 5.75 Å². The summed E-state index contributed by atoms with van der Waals surface area (Å²) in [5.74, 6) is 0.726. The molecular formula is C16H23NO3. The monoisotopic (exact) mass is 277 g/mol. The Bertz CT molecular complexity index is 485. The third kappa shape index (κ3) is 3.51. The van der Waals surface area contributed by atoms with Crippen LogP contribution in [0.4, 0.5) is 0 Å². The lowest BCUT2D eigenvalue weighted by atomic mass is 9.99. The van der Waals surface area contributed by atoms with Gasteiger partial charge in [-0.1, -0.05) is 0 Å². The number of nitrogens with two attached hydrogens (primary N) is 1. The van der Waals surface area contributed by atoms with Crippen molar-refractivity contribution in [2.24, 2.45) is 5.73 Å². The van der Waals surface area contributed by atoms with Gasteiger partial charge in [-0.15, -0.1) is 0 Å². The zero-order valence-corrected chi connectivity index (χ0v) is 12.3. The first-order chi connectivity index (χ1) is 9.63. The zero-order chi connectivity index (χ0) is 14.5. The van der Waals surface area contributed by atoms with E-state index in [0.717, 1.165) is 18.6 Å². The van der Waals surface area contributed by atoms with Gasteiger partial charge >= 0.3 is 5.97 Å². The van der Waals surface area contributed by atoms with Crippen molar-refractivity contribution in [3.05, 3.63) is 28.8 Å². The maximum atomic E-state index is 11.5.